The molecular weight excluding hydrogens is 236 g/mol. The van der Waals surface area contributed by atoms with Crippen LogP contribution >= 0.6 is 23.5 Å². The third-order valence-corrected chi connectivity index (χ3v) is 6.17. The summed E-state index contributed by atoms with van der Waals surface area (Å²) in [6.45, 7) is 4.35. The minimum Gasteiger partial charge on any atom is -0.299 e. The molecule has 2 saturated heterocycles. The van der Waals surface area contributed by atoms with Gasteiger partial charge in [0.15, 0.2) is 0 Å². The Kier molecular flexibility index (Phi) is 4.46. The highest BCUT2D eigenvalue weighted by Crippen LogP contribution is 2.32. The second-order valence-electron chi connectivity index (χ2n) is 5.01. The summed E-state index contributed by atoms with van der Waals surface area (Å²) in [4.78, 5) is 2.62. The van der Waals surface area contributed by atoms with Crippen LogP contribution in [0.1, 0.15) is 19.8 Å². The lowest BCUT2D eigenvalue weighted by molar-refractivity contribution is 0.131. The fraction of sp³-hybridized carbons (Fsp3) is 0.917. The zero-order valence-corrected chi connectivity index (χ0v) is 11.6. The summed E-state index contributed by atoms with van der Waals surface area (Å²) in [7, 11) is 0. The van der Waals surface area contributed by atoms with E-state index in [0.29, 0.717) is 0 Å². The van der Waals surface area contributed by atoms with Crippen molar-refractivity contribution in [1.82, 2.24) is 4.90 Å². The minimum absolute atomic E-state index is 0.0541. The molecule has 0 aliphatic carbocycles. The van der Waals surface area contributed by atoms with Crippen LogP contribution in [-0.2, 0) is 0 Å². The Morgan fingerprint density at radius 3 is 2.25 bits per heavy atom. The Bertz CT molecular complexity index is 259. The smallest absolute Gasteiger partial charge is 0.0687 e. The van der Waals surface area contributed by atoms with E-state index < -0.39 is 0 Å². The SMILES string of the molecule is CC1(C#N)CCN(C2CSCCSC2)CC1. The number of hydrogen-bond donors (Lipinski definition) is 0. The van der Waals surface area contributed by atoms with Crippen molar-refractivity contribution in [3.63, 3.8) is 0 Å². The van der Waals surface area contributed by atoms with E-state index in [4.69, 9.17) is 5.26 Å². The van der Waals surface area contributed by atoms with Crippen LogP contribution in [0.5, 0.6) is 0 Å². The van der Waals surface area contributed by atoms with Crippen molar-refractivity contribution in [3.05, 3.63) is 0 Å². The van der Waals surface area contributed by atoms with E-state index in [1.165, 1.54) is 23.0 Å². The van der Waals surface area contributed by atoms with E-state index >= 15 is 0 Å². The first kappa shape index (κ1) is 12.6. The molecule has 0 unspecified atom stereocenters. The van der Waals surface area contributed by atoms with Crippen LogP contribution in [0.25, 0.3) is 0 Å². The number of nitriles is 1. The lowest BCUT2D eigenvalue weighted by Gasteiger charge is -2.39. The Hall–Kier alpha value is 0.150. The summed E-state index contributed by atoms with van der Waals surface area (Å²) < 4.78 is 0. The van der Waals surface area contributed by atoms with Crippen molar-refractivity contribution >= 4 is 23.5 Å². The normalized spacial score (nSPS) is 28.2. The van der Waals surface area contributed by atoms with Gasteiger partial charge in [-0.25, -0.2) is 0 Å². The predicted molar refractivity (Wildman–Crippen MR) is 73.0 cm³/mol. The Morgan fingerprint density at radius 2 is 1.75 bits per heavy atom. The molecule has 2 aliphatic heterocycles. The molecule has 16 heavy (non-hydrogen) atoms. The Balaban J connectivity index is 1.86. The van der Waals surface area contributed by atoms with Crippen LogP contribution in [0.3, 0.4) is 0 Å². The van der Waals surface area contributed by atoms with Crippen molar-refractivity contribution in [3.8, 4) is 6.07 Å². The molecular formula is C12H20N2S2. The van der Waals surface area contributed by atoms with Gasteiger partial charge in [0.05, 0.1) is 11.5 Å². The molecule has 4 heteroatoms. The molecule has 2 fully saturated rings. The number of thioether (sulfide) groups is 2. The molecule has 0 N–H and O–H groups in total. The molecule has 0 spiro atoms. The summed E-state index contributed by atoms with van der Waals surface area (Å²) >= 11 is 4.19. The predicted octanol–water partition coefficient (Wildman–Crippen LogP) is 2.46. The maximum atomic E-state index is 9.12. The van der Waals surface area contributed by atoms with Gasteiger partial charge in [0.2, 0.25) is 0 Å². The maximum Gasteiger partial charge on any atom is 0.0687 e. The number of rotatable bonds is 1. The van der Waals surface area contributed by atoms with Gasteiger partial charge >= 0.3 is 0 Å². The number of likely N-dealkylation sites (tertiary alicyclic amines) is 1. The van der Waals surface area contributed by atoms with Crippen LogP contribution in [0, 0.1) is 16.7 Å². The Labute approximate surface area is 107 Å². The second kappa shape index (κ2) is 5.66. The van der Waals surface area contributed by atoms with Crippen LogP contribution < -0.4 is 0 Å². The zero-order valence-electron chi connectivity index (χ0n) is 9.95. The summed E-state index contributed by atoms with van der Waals surface area (Å²) in [5.74, 6) is 5.20. The zero-order chi connectivity index (χ0) is 11.4. The summed E-state index contributed by atoms with van der Waals surface area (Å²) in [6, 6.07) is 3.23. The third kappa shape index (κ3) is 3.09. The molecule has 2 rings (SSSR count). The van der Waals surface area contributed by atoms with Gasteiger partial charge in [-0.1, -0.05) is 0 Å². The molecule has 0 amide bonds. The van der Waals surface area contributed by atoms with Crippen LogP contribution in [0.15, 0.2) is 0 Å². The number of piperidine rings is 1. The monoisotopic (exact) mass is 256 g/mol. The van der Waals surface area contributed by atoms with Crippen molar-refractivity contribution in [2.24, 2.45) is 5.41 Å². The van der Waals surface area contributed by atoms with Crippen LogP contribution in [0.4, 0.5) is 0 Å². The van der Waals surface area contributed by atoms with Crippen LogP contribution in [0.2, 0.25) is 0 Å². The fourth-order valence-corrected chi connectivity index (χ4v) is 4.94. The fourth-order valence-electron chi connectivity index (χ4n) is 2.31. The standard InChI is InChI=1S/C12H20N2S2/c1-12(10-13)2-4-14(5-3-12)11-8-15-6-7-16-9-11/h11H,2-9H2,1H3. The molecule has 2 heterocycles. The van der Waals surface area contributed by atoms with E-state index in [9.17, 15) is 0 Å². The molecule has 0 radical (unpaired) electrons. The second-order valence-corrected chi connectivity index (χ2v) is 7.31. The van der Waals surface area contributed by atoms with Gasteiger partial charge in [0.1, 0.15) is 0 Å². The lowest BCUT2D eigenvalue weighted by Crippen LogP contribution is -2.46. The van der Waals surface area contributed by atoms with Gasteiger partial charge in [-0.15, -0.1) is 0 Å². The highest BCUT2D eigenvalue weighted by atomic mass is 32.2. The molecule has 2 aliphatic rings. The first-order valence-electron chi connectivity index (χ1n) is 6.04. The van der Waals surface area contributed by atoms with Gasteiger partial charge in [-0.3, -0.25) is 4.90 Å². The van der Waals surface area contributed by atoms with Crippen LogP contribution in [-0.4, -0.2) is 47.0 Å². The van der Waals surface area contributed by atoms with E-state index in [0.717, 1.165) is 32.0 Å². The maximum absolute atomic E-state index is 9.12. The highest BCUT2D eigenvalue weighted by molar-refractivity contribution is 8.03. The van der Waals surface area contributed by atoms with Gasteiger partial charge in [-0.05, 0) is 19.8 Å². The molecule has 0 saturated carbocycles. The average molecular weight is 256 g/mol. The van der Waals surface area contributed by atoms with E-state index in [1.807, 2.05) is 0 Å². The van der Waals surface area contributed by atoms with E-state index in [1.54, 1.807) is 0 Å². The molecule has 90 valence electrons. The van der Waals surface area contributed by atoms with E-state index in [2.05, 4.69) is 41.4 Å². The first-order valence-corrected chi connectivity index (χ1v) is 8.35. The largest absolute Gasteiger partial charge is 0.299 e. The molecule has 0 atom stereocenters. The molecule has 0 aromatic rings. The van der Waals surface area contributed by atoms with Gasteiger partial charge < -0.3 is 0 Å². The van der Waals surface area contributed by atoms with E-state index in [-0.39, 0.29) is 5.41 Å². The minimum atomic E-state index is -0.0541. The first-order chi connectivity index (χ1) is 7.73. The quantitative estimate of drug-likeness (QED) is 0.720. The summed E-state index contributed by atoms with van der Waals surface area (Å²) in [5, 5.41) is 9.12. The lowest BCUT2D eigenvalue weighted by atomic mass is 9.82. The van der Waals surface area contributed by atoms with Gasteiger partial charge in [-0.2, -0.15) is 28.8 Å². The molecule has 2 nitrogen and oxygen atoms in total. The van der Waals surface area contributed by atoms with Gasteiger partial charge in [0.25, 0.3) is 0 Å². The Morgan fingerprint density at radius 1 is 1.19 bits per heavy atom. The third-order valence-electron chi connectivity index (χ3n) is 3.68. The molecule has 0 aromatic carbocycles. The summed E-state index contributed by atoms with van der Waals surface area (Å²) in [6.07, 6.45) is 2.10. The van der Waals surface area contributed by atoms with Crippen molar-refractivity contribution in [2.45, 2.75) is 25.8 Å². The number of hydrogen-bond acceptors (Lipinski definition) is 4. The highest BCUT2D eigenvalue weighted by Gasteiger charge is 2.32. The van der Waals surface area contributed by atoms with Crippen molar-refractivity contribution < 1.29 is 0 Å². The van der Waals surface area contributed by atoms with Crippen molar-refractivity contribution in [1.29, 1.82) is 5.26 Å². The van der Waals surface area contributed by atoms with Crippen molar-refractivity contribution in [2.75, 3.05) is 36.1 Å². The molecule has 0 aromatic heterocycles. The molecule has 0 bridgehead atoms. The number of nitrogens with zero attached hydrogens (tertiary/aromatic N) is 2. The topological polar surface area (TPSA) is 27.0 Å². The van der Waals surface area contributed by atoms with Gasteiger partial charge in [0, 0.05) is 42.1 Å². The average Bonchev–Trinajstić information content (AvgIpc) is 2.59. The summed E-state index contributed by atoms with van der Waals surface area (Å²) in [5.41, 5.74) is -0.0541.